The fourth-order valence-corrected chi connectivity index (χ4v) is 4.09. The molecule has 0 aliphatic heterocycles. The highest BCUT2D eigenvalue weighted by Gasteiger charge is 2.20. The van der Waals surface area contributed by atoms with Crippen LogP contribution < -0.4 is 11.1 Å². The maximum Gasteiger partial charge on any atom is 0.261 e. The van der Waals surface area contributed by atoms with Crippen LogP contribution in [-0.4, -0.2) is 26.6 Å². The molecule has 2 aromatic heterocycles. The van der Waals surface area contributed by atoms with E-state index in [9.17, 15) is 9.59 Å². The van der Waals surface area contributed by atoms with Crippen LogP contribution in [0.5, 0.6) is 0 Å². The minimum absolute atomic E-state index is 0.0343. The summed E-state index contributed by atoms with van der Waals surface area (Å²) in [6.45, 7) is 4.10. The zero-order valence-electron chi connectivity index (χ0n) is 17.8. The summed E-state index contributed by atoms with van der Waals surface area (Å²) in [5.41, 5.74) is 10.8. The molecule has 8 heteroatoms. The van der Waals surface area contributed by atoms with Crippen LogP contribution in [0.2, 0.25) is 0 Å². The normalized spacial score (nSPS) is 10.8. The fourth-order valence-electron chi connectivity index (χ4n) is 3.38. The Morgan fingerprint density at radius 1 is 1.12 bits per heavy atom. The number of primary amides is 1. The van der Waals surface area contributed by atoms with Gasteiger partial charge in [0.25, 0.3) is 5.91 Å². The number of anilines is 1. The molecule has 3 N–H and O–H groups in total. The molecule has 0 bridgehead atoms. The van der Waals surface area contributed by atoms with Gasteiger partial charge < -0.3 is 5.73 Å². The van der Waals surface area contributed by atoms with Crippen molar-refractivity contribution >= 4 is 28.3 Å². The number of hydrogen-bond donors (Lipinski definition) is 2. The van der Waals surface area contributed by atoms with Crippen molar-refractivity contribution in [2.45, 2.75) is 26.7 Å². The van der Waals surface area contributed by atoms with E-state index >= 15 is 0 Å². The van der Waals surface area contributed by atoms with Gasteiger partial charge in [-0.1, -0.05) is 49.4 Å². The number of nitrogens with one attached hydrogen (secondary N) is 1. The first kappa shape index (κ1) is 21.5. The number of benzene rings is 2. The Morgan fingerprint density at radius 2 is 1.88 bits per heavy atom. The van der Waals surface area contributed by atoms with Gasteiger partial charge in [0.05, 0.1) is 23.4 Å². The van der Waals surface area contributed by atoms with E-state index in [0.29, 0.717) is 22.1 Å². The average Bonchev–Trinajstić information content (AvgIpc) is 3.41. The van der Waals surface area contributed by atoms with Crippen LogP contribution in [0.1, 0.15) is 34.1 Å². The first-order valence-electron chi connectivity index (χ1n) is 10.2. The first-order chi connectivity index (χ1) is 15.4. The smallest absolute Gasteiger partial charge is 0.261 e. The van der Waals surface area contributed by atoms with E-state index in [0.717, 1.165) is 23.2 Å². The zero-order chi connectivity index (χ0) is 22.7. The van der Waals surface area contributed by atoms with Gasteiger partial charge in [0.15, 0.2) is 5.13 Å². The van der Waals surface area contributed by atoms with Crippen molar-refractivity contribution in [3.05, 3.63) is 82.5 Å². The lowest BCUT2D eigenvalue weighted by Gasteiger charge is -2.05. The van der Waals surface area contributed by atoms with Crippen molar-refractivity contribution in [3.8, 4) is 16.9 Å². The topological polar surface area (TPSA) is 103 Å². The highest BCUT2D eigenvalue weighted by Crippen LogP contribution is 2.27. The standard InChI is InChI=1S/C24H23N5O2S/c1-3-16-8-10-17(11-9-16)22-19(13-29(28-22)20-7-5-4-6-15(20)2)23(31)27-24-26-18(14-32-24)12-21(25)30/h4-11,13-14H,3,12H2,1-2H3,(H2,25,30)(H,26,27,31). The van der Waals surface area contributed by atoms with Gasteiger partial charge in [-0.05, 0) is 30.5 Å². The molecule has 0 saturated carbocycles. The Balaban J connectivity index is 1.71. The predicted molar refractivity (Wildman–Crippen MR) is 126 cm³/mol. The van der Waals surface area contributed by atoms with E-state index in [4.69, 9.17) is 10.8 Å². The minimum Gasteiger partial charge on any atom is -0.369 e. The van der Waals surface area contributed by atoms with Crippen LogP contribution in [-0.2, 0) is 17.6 Å². The van der Waals surface area contributed by atoms with E-state index in [1.54, 1.807) is 16.3 Å². The maximum atomic E-state index is 13.2. The highest BCUT2D eigenvalue weighted by molar-refractivity contribution is 7.14. The third-order valence-electron chi connectivity index (χ3n) is 5.08. The van der Waals surface area contributed by atoms with Crippen molar-refractivity contribution in [1.82, 2.24) is 14.8 Å². The number of aromatic nitrogens is 3. The molecule has 0 radical (unpaired) electrons. The van der Waals surface area contributed by atoms with Gasteiger partial charge in [-0.25, -0.2) is 9.67 Å². The van der Waals surface area contributed by atoms with Crippen LogP contribution >= 0.6 is 11.3 Å². The van der Waals surface area contributed by atoms with E-state index in [1.165, 1.54) is 16.9 Å². The molecule has 4 aromatic rings. The molecule has 2 aromatic carbocycles. The summed E-state index contributed by atoms with van der Waals surface area (Å²) in [6.07, 6.45) is 2.70. The van der Waals surface area contributed by atoms with Crippen molar-refractivity contribution < 1.29 is 9.59 Å². The molecule has 0 fully saturated rings. The summed E-state index contributed by atoms with van der Waals surface area (Å²) in [6, 6.07) is 15.9. The number of nitrogens with zero attached hydrogens (tertiary/aromatic N) is 3. The van der Waals surface area contributed by atoms with Gasteiger partial charge in [0, 0.05) is 17.1 Å². The third kappa shape index (κ3) is 4.60. The number of rotatable bonds is 7. The minimum atomic E-state index is -0.467. The Labute approximate surface area is 189 Å². The average molecular weight is 446 g/mol. The lowest BCUT2D eigenvalue weighted by Crippen LogP contribution is -2.14. The summed E-state index contributed by atoms with van der Waals surface area (Å²) in [5, 5.41) is 9.69. The predicted octanol–water partition coefficient (Wildman–Crippen LogP) is 4.15. The van der Waals surface area contributed by atoms with E-state index in [1.807, 2.05) is 55.5 Å². The summed E-state index contributed by atoms with van der Waals surface area (Å²) in [4.78, 5) is 28.6. The monoisotopic (exact) mass is 445 g/mol. The summed E-state index contributed by atoms with van der Waals surface area (Å²) in [7, 11) is 0. The molecule has 0 spiro atoms. The van der Waals surface area contributed by atoms with Crippen molar-refractivity contribution in [3.63, 3.8) is 0 Å². The SMILES string of the molecule is CCc1ccc(-c2nn(-c3ccccc3C)cc2C(=O)Nc2nc(CC(N)=O)cs2)cc1. The Bertz CT molecular complexity index is 1270. The van der Waals surface area contributed by atoms with Crippen molar-refractivity contribution in [2.75, 3.05) is 5.32 Å². The van der Waals surface area contributed by atoms with Crippen LogP contribution in [0.3, 0.4) is 0 Å². The number of aryl methyl sites for hydroxylation is 2. The second-order valence-electron chi connectivity index (χ2n) is 7.41. The number of amides is 2. The maximum absolute atomic E-state index is 13.2. The largest absolute Gasteiger partial charge is 0.369 e. The molecule has 2 heterocycles. The molecule has 7 nitrogen and oxygen atoms in total. The summed E-state index contributed by atoms with van der Waals surface area (Å²) in [5.74, 6) is -0.787. The molecular formula is C24H23N5O2S. The van der Waals surface area contributed by atoms with E-state index in [2.05, 4.69) is 17.2 Å². The number of nitrogens with two attached hydrogens (primary N) is 1. The number of thiazole rings is 1. The molecule has 0 aliphatic rings. The molecular weight excluding hydrogens is 422 g/mol. The number of carbonyl (C=O) groups excluding carboxylic acids is 2. The van der Waals surface area contributed by atoms with Crippen molar-refractivity contribution in [2.24, 2.45) is 5.73 Å². The summed E-state index contributed by atoms with van der Waals surface area (Å²) < 4.78 is 1.73. The quantitative estimate of drug-likeness (QED) is 0.446. The Morgan fingerprint density at radius 3 is 2.56 bits per heavy atom. The molecule has 162 valence electrons. The number of hydrogen-bond acceptors (Lipinski definition) is 5. The van der Waals surface area contributed by atoms with Gasteiger partial charge in [-0.3, -0.25) is 14.9 Å². The van der Waals surface area contributed by atoms with Gasteiger partial charge in [-0.2, -0.15) is 5.10 Å². The molecule has 0 atom stereocenters. The number of carbonyl (C=O) groups is 2. The van der Waals surface area contributed by atoms with Gasteiger partial charge >= 0.3 is 0 Å². The van der Waals surface area contributed by atoms with Crippen LogP contribution in [0.4, 0.5) is 5.13 Å². The number of para-hydroxylation sites is 1. The van der Waals surface area contributed by atoms with Crippen molar-refractivity contribution in [1.29, 1.82) is 0 Å². The lowest BCUT2D eigenvalue weighted by molar-refractivity contribution is -0.117. The molecule has 2 amide bonds. The van der Waals surface area contributed by atoms with Crippen LogP contribution in [0.15, 0.2) is 60.1 Å². The lowest BCUT2D eigenvalue weighted by atomic mass is 10.0. The molecule has 0 saturated heterocycles. The zero-order valence-corrected chi connectivity index (χ0v) is 18.6. The van der Waals surface area contributed by atoms with E-state index < -0.39 is 5.91 Å². The molecule has 32 heavy (non-hydrogen) atoms. The van der Waals surface area contributed by atoms with Crippen LogP contribution in [0.25, 0.3) is 16.9 Å². The highest BCUT2D eigenvalue weighted by atomic mass is 32.1. The Hall–Kier alpha value is -3.78. The van der Waals surface area contributed by atoms with Crippen LogP contribution in [0, 0.1) is 6.92 Å². The van der Waals surface area contributed by atoms with Gasteiger partial charge in [0.2, 0.25) is 5.91 Å². The van der Waals surface area contributed by atoms with Gasteiger partial charge in [-0.15, -0.1) is 11.3 Å². The van der Waals surface area contributed by atoms with E-state index in [-0.39, 0.29) is 12.3 Å². The fraction of sp³-hybridized carbons (Fsp3) is 0.167. The second kappa shape index (κ2) is 9.15. The second-order valence-corrected chi connectivity index (χ2v) is 8.27. The Kier molecular flexibility index (Phi) is 6.13. The third-order valence-corrected chi connectivity index (χ3v) is 5.89. The molecule has 0 aliphatic carbocycles. The first-order valence-corrected chi connectivity index (χ1v) is 11.1. The molecule has 4 rings (SSSR count). The summed E-state index contributed by atoms with van der Waals surface area (Å²) >= 11 is 1.25. The molecule has 0 unspecified atom stereocenters. The van der Waals surface area contributed by atoms with Gasteiger partial charge in [0.1, 0.15) is 5.69 Å².